The highest BCUT2D eigenvalue weighted by atomic mass is 35.5. The van der Waals surface area contributed by atoms with E-state index in [0.717, 1.165) is 16.6 Å². The number of anilines is 2. The SMILES string of the molecule is Cc1nnc(-c2c(N)ncnc2NC(C)c2cc3c(Cl)cccc3n2-c2cccc(F)c2)o1. The lowest BCUT2D eigenvalue weighted by atomic mass is 10.2. The number of aryl methyl sites for hydroxylation is 1. The molecular formula is C23H19ClFN7O. The molecule has 0 amide bonds. The number of nitrogens with zero attached hydrogens (tertiary/aromatic N) is 5. The average Bonchev–Trinajstić information content (AvgIpc) is 3.38. The number of hydrogen-bond acceptors (Lipinski definition) is 7. The standard InChI is InChI=1S/C23H19ClFN7O/c1-12(29-22-20(21(26)27-11-28-22)23-31-30-13(2)33-23)19-10-16-17(24)7-4-8-18(16)32(19)15-6-3-5-14(25)9-15/h3-12H,1-2H3,(H3,26,27,28,29). The van der Waals surface area contributed by atoms with Crippen molar-refractivity contribution in [2.45, 2.75) is 19.9 Å². The topological polar surface area (TPSA) is 108 Å². The first kappa shape index (κ1) is 20.9. The molecule has 33 heavy (non-hydrogen) atoms. The summed E-state index contributed by atoms with van der Waals surface area (Å²) in [5.41, 5.74) is 8.89. The summed E-state index contributed by atoms with van der Waals surface area (Å²) in [5.74, 6) is 0.917. The number of fused-ring (bicyclic) bond motifs is 1. The van der Waals surface area contributed by atoms with Crippen molar-refractivity contribution in [2.24, 2.45) is 0 Å². The minimum absolute atomic E-state index is 0.206. The third-order valence-corrected chi connectivity index (χ3v) is 5.63. The van der Waals surface area contributed by atoms with Crippen LogP contribution in [0.5, 0.6) is 0 Å². The van der Waals surface area contributed by atoms with Crippen molar-refractivity contribution in [3.8, 4) is 17.1 Å². The Kier molecular flexibility index (Phi) is 5.18. The van der Waals surface area contributed by atoms with Gasteiger partial charge in [0, 0.05) is 28.7 Å². The molecule has 0 fully saturated rings. The van der Waals surface area contributed by atoms with Crippen LogP contribution < -0.4 is 11.1 Å². The average molecular weight is 464 g/mol. The molecule has 1 unspecified atom stereocenters. The number of benzene rings is 2. The molecule has 8 nitrogen and oxygen atoms in total. The Balaban J connectivity index is 1.64. The van der Waals surface area contributed by atoms with Crippen LogP contribution in [0.2, 0.25) is 5.02 Å². The lowest BCUT2D eigenvalue weighted by Gasteiger charge is -2.20. The largest absolute Gasteiger partial charge is 0.421 e. The van der Waals surface area contributed by atoms with Gasteiger partial charge in [-0.15, -0.1) is 10.2 Å². The molecule has 0 spiro atoms. The first-order chi connectivity index (χ1) is 15.9. The molecule has 0 saturated heterocycles. The third-order valence-electron chi connectivity index (χ3n) is 5.30. The molecular weight excluding hydrogens is 445 g/mol. The van der Waals surface area contributed by atoms with Crippen LogP contribution in [-0.2, 0) is 0 Å². The fraction of sp³-hybridized carbons (Fsp3) is 0.130. The summed E-state index contributed by atoms with van der Waals surface area (Å²) >= 11 is 6.48. The number of nitrogens with one attached hydrogen (secondary N) is 1. The molecule has 1 atom stereocenters. The van der Waals surface area contributed by atoms with E-state index < -0.39 is 0 Å². The maximum Gasteiger partial charge on any atom is 0.255 e. The molecule has 3 N–H and O–H groups in total. The molecule has 0 radical (unpaired) electrons. The minimum Gasteiger partial charge on any atom is -0.421 e. The maximum absolute atomic E-state index is 14.1. The van der Waals surface area contributed by atoms with Gasteiger partial charge in [-0.05, 0) is 43.3 Å². The lowest BCUT2D eigenvalue weighted by Crippen LogP contribution is -2.14. The van der Waals surface area contributed by atoms with Crippen molar-refractivity contribution in [2.75, 3.05) is 11.1 Å². The van der Waals surface area contributed by atoms with Crippen LogP contribution in [0.3, 0.4) is 0 Å². The molecule has 0 bridgehead atoms. The van der Waals surface area contributed by atoms with Gasteiger partial charge in [0.25, 0.3) is 5.89 Å². The maximum atomic E-state index is 14.1. The zero-order chi connectivity index (χ0) is 23.1. The zero-order valence-corrected chi connectivity index (χ0v) is 18.5. The summed E-state index contributed by atoms with van der Waals surface area (Å²) in [6, 6.07) is 13.7. The third kappa shape index (κ3) is 3.76. The van der Waals surface area contributed by atoms with Gasteiger partial charge in [-0.1, -0.05) is 23.7 Å². The Morgan fingerprint density at radius 3 is 2.70 bits per heavy atom. The molecule has 166 valence electrons. The van der Waals surface area contributed by atoms with Gasteiger partial charge < -0.3 is 20.0 Å². The lowest BCUT2D eigenvalue weighted by molar-refractivity contribution is 0.532. The Bertz CT molecular complexity index is 1480. The van der Waals surface area contributed by atoms with Crippen LogP contribution in [0.4, 0.5) is 16.0 Å². The van der Waals surface area contributed by atoms with Gasteiger partial charge in [-0.3, -0.25) is 0 Å². The van der Waals surface area contributed by atoms with Gasteiger partial charge >= 0.3 is 0 Å². The summed E-state index contributed by atoms with van der Waals surface area (Å²) < 4.78 is 21.6. The van der Waals surface area contributed by atoms with E-state index in [4.69, 9.17) is 21.8 Å². The second-order valence-electron chi connectivity index (χ2n) is 7.53. The summed E-state index contributed by atoms with van der Waals surface area (Å²) in [6.07, 6.45) is 1.36. The van der Waals surface area contributed by atoms with Crippen molar-refractivity contribution < 1.29 is 8.81 Å². The Morgan fingerprint density at radius 1 is 1.12 bits per heavy atom. The summed E-state index contributed by atoms with van der Waals surface area (Å²) in [5, 5.41) is 12.7. The normalized spacial score (nSPS) is 12.2. The fourth-order valence-electron chi connectivity index (χ4n) is 3.83. The van der Waals surface area contributed by atoms with E-state index in [-0.39, 0.29) is 23.6 Å². The van der Waals surface area contributed by atoms with Crippen LogP contribution in [-0.4, -0.2) is 24.7 Å². The van der Waals surface area contributed by atoms with E-state index in [0.29, 0.717) is 28.0 Å². The number of hydrogen-bond donors (Lipinski definition) is 2. The highest BCUT2D eigenvalue weighted by Gasteiger charge is 2.22. The van der Waals surface area contributed by atoms with Crippen LogP contribution in [0.15, 0.2) is 59.3 Å². The monoisotopic (exact) mass is 463 g/mol. The van der Waals surface area contributed by atoms with Crippen LogP contribution in [0.1, 0.15) is 24.6 Å². The molecule has 10 heteroatoms. The van der Waals surface area contributed by atoms with E-state index in [9.17, 15) is 4.39 Å². The first-order valence-electron chi connectivity index (χ1n) is 10.2. The van der Waals surface area contributed by atoms with E-state index in [1.165, 1.54) is 18.5 Å². The van der Waals surface area contributed by atoms with Crippen molar-refractivity contribution in [3.05, 3.63) is 77.3 Å². The van der Waals surface area contributed by atoms with Gasteiger partial charge in [-0.25, -0.2) is 14.4 Å². The molecule has 5 rings (SSSR count). The Hall–Kier alpha value is -3.98. The van der Waals surface area contributed by atoms with Crippen LogP contribution in [0.25, 0.3) is 28.0 Å². The van der Waals surface area contributed by atoms with Crippen LogP contribution in [0, 0.1) is 12.7 Å². The molecule has 0 aliphatic rings. The van der Waals surface area contributed by atoms with Gasteiger partial charge in [0.2, 0.25) is 5.89 Å². The molecule has 0 aliphatic carbocycles. The van der Waals surface area contributed by atoms with E-state index in [2.05, 4.69) is 25.5 Å². The van der Waals surface area contributed by atoms with E-state index in [1.54, 1.807) is 13.0 Å². The summed E-state index contributed by atoms with van der Waals surface area (Å²) in [4.78, 5) is 8.41. The zero-order valence-electron chi connectivity index (χ0n) is 17.8. The number of halogens is 2. The fourth-order valence-corrected chi connectivity index (χ4v) is 4.06. The van der Waals surface area contributed by atoms with Crippen molar-refractivity contribution in [1.82, 2.24) is 24.7 Å². The van der Waals surface area contributed by atoms with E-state index >= 15 is 0 Å². The van der Waals surface area contributed by atoms with Gasteiger partial charge in [-0.2, -0.15) is 0 Å². The quantitative estimate of drug-likeness (QED) is 0.362. The number of aromatic nitrogens is 5. The second-order valence-corrected chi connectivity index (χ2v) is 7.94. The summed E-state index contributed by atoms with van der Waals surface area (Å²) in [7, 11) is 0. The van der Waals surface area contributed by atoms with Crippen molar-refractivity contribution in [3.63, 3.8) is 0 Å². The van der Waals surface area contributed by atoms with Crippen LogP contribution >= 0.6 is 11.6 Å². The second kappa shape index (κ2) is 8.18. The highest BCUT2D eigenvalue weighted by Crippen LogP contribution is 2.36. The highest BCUT2D eigenvalue weighted by molar-refractivity contribution is 6.35. The van der Waals surface area contributed by atoms with Crippen molar-refractivity contribution >= 4 is 34.1 Å². The van der Waals surface area contributed by atoms with Gasteiger partial charge in [0.05, 0.1) is 11.6 Å². The smallest absolute Gasteiger partial charge is 0.255 e. The predicted molar refractivity (Wildman–Crippen MR) is 125 cm³/mol. The number of nitrogen functional groups attached to an aromatic ring is 1. The van der Waals surface area contributed by atoms with Gasteiger partial charge in [0.15, 0.2) is 0 Å². The predicted octanol–water partition coefficient (Wildman–Crippen LogP) is 5.33. The Morgan fingerprint density at radius 2 is 1.94 bits per heavy atom. The molecule has 5 aromatic rings. The molecule has 0 saturated carbocycles. The number of rotatable bonds is 5. The Labute approximate surface area is 193 Å². The number of nitrogens with two attached hydrogens (primary N) is 1. The molecule has 3 heterocycles. The first-order valence-corrected chi connectivity index (χ1v) is 10.5. The molecule has 2 aromatic carbocycles. The minimum atomic E-state index is -0.333. The molecule has 3 aromatic heterocycles. The summed E-state index contributed by atoms with van der Waals surface area (Å²) in [6.45, 7) is 3.65. The van der Waals surface area contributed by atoms with Crippen molar-refractivity contribution in [1.29, 1.82) is 0 Å². The molecule has 0 aliphatic heterocycles. The van der Waals surface area contributed by atoms with Gasteiger partial charge in [0.1, 0.15) is 29.3 Å². The van der Waals surface area contributed by atoms with E-state index in [1.807, 2.05) is 41.8 Å².